The van der Waals surface area contributed by atoms with Crippen LogP contribution in [0.1, 0.15) is 12.5 Å². The minimum atomic E-state index is 0.451. The lowest BCUT2D eigenvalue weighted by atomic mass is 10.1. The summed E-state index contributed by atoms with van der Waals surface area (Å²) in [5.74, 6) is 0.794. The topological polar surface area (TPSA) is 71.1 Å². The molecule has 2 aromatic rings. The molecule has 0 bridgehead atoms. The second kappa shape index (κ2) is 5.78. The van der Waals surface area contributed by atoms with Crippen molar-refractivity contribution in [3.05, 3.63) is 48.0 Å². The molecule has 0 saturated heterocycles. The normalized spacial score (nSPS) is 9.68. The zero-order valence-electron chi connectivity index (χ0n) is 10.7. The Balaban J connectivity index is 2.26. The van der Waals surface area contributed by atoms with Gasteiger partial charge in [-0.05, 0) is 31.2 Å². The molecule has 0 spiro atoms. The quantitative estimate of drug-likeness (QED) is 0.820. The van der Waals surface area contributed by atoms with Gasteiger partial charge in [-0.15, -0.1) is 0 Å². The van der Waals surface area contributed by atoms with Gasteiger partial charge in [0.15, 0.2) is 0 Å². The largest absolute Gasteiger partial charge is 0.494 e. The van der Waals surface area contributed by atoms with Crippen LogP contribution < -0.4 is 15.8 Å². The number of nitrogens with one attached hydrogen (secondary N) is 1. The summed E-state index contributed by atoms with van der Waals surface area (Å²) >= 11 is 0. The Kier molecular flexibility index (Phi) is 3.89. The fourth-order valence-electron chi connectivity index (χ4n) is 1.76. The molecule has 2 aromatic carbocycles. The van der Waals surface area contributed by atoms with E-state index >= 15 is 0 Å². The molecular formula is C15H15N3O. The number of nitrogens with zero attached hydrogens (tertiary/aromatic N) is 1. The predicted octanol–water partition coefficient (Wildman–Crippen LogP) is 3.28. The van der Waals surface area contributed by atoms with Crippen molar-refractivity contribution in [2.75, 3.05) is 17.7 Å². The molecule has 0 fully saturated rings. The van der Waals surface area contributed by atoms with E-state index in [0.29, 0.717) is 23.5 Å². The summed E-state index contributed by atoms with van der Waals surface area (Å²) in [6.07, 6.45) is 0. The molecule has 2 rings (SSSR count). The zero-order valence-corrected chi connectivity index (χ0v) is 10.7. The lowest BCUT2D eigenvalue weighted by Gasteiger charge is -2.11. The second-order valence-corrected chi connectivity index (χ2v) is 3.96. The maximum atomic E-state index is 8.95. The third kappa shape index (κ3) is 2.96. The van der Waals surface area contributed by atoms with E-state index in [0.717, 1.165) is 11.4 Å². The number of benzene rings is 2. The smallest absolute Gasteiger partial charge is 0.121 e. The van der Waals surface area contributed by atoms with Crippen molar-refractivity contribution in [1.82, 2.24) is 0 Å². The molecule has 19 heavy (non-hydrogen) atoms. The van der Waals surface area contributed by atoms with Crippen molar-refractivity contribution in [2.45, 2.75) is 6.92 Å². The Morgan fingerprint density at radius 2 is 2.05 bits per heavy atom. The first kappa shape index (κ1) is 12.8. The van der Waals surface area contributed by atoms with Gasteiger partial charge in [-0.25, -0.2) is 0 Å². The Morgan fingerprint density at radius 3 is 2.79 bits per heavy atom. The molecule has 0 amide bonds. The number of nitrogens with two attached hydrogens (primary N) is 1. The van der Waals surface area contributed by atoms with Crippen molar-refractivity contribution in [2.24, 2.45) is 0 Å². The molecule has 0 aromatic heterocycles. The molecular weight excluding hydrogens is 238 g/mol. The zero-order chi connectivity index (χ0) is 13.7. The first-order valence-corrected chi connectivity index (χ1v) is 6.03. The van der Waals surface area contributed by atoms with Crippen LogP contribution in [0, 0.1) is 11.3 Å². The van der Waals surface area contributed by atoms with E-state index in [1.807, 2.05) is 37.3 Å². The van der Waals surface area contributed by atoms with Crippen molar-refractivity contribution >= 4 is 17.1 Å². The van der Waals surface area contributed by atoms with E-state index in [9.17, 15) is 0 Å². The highest BCUT2D eigenvalue weighted by Gasteiger charge is 2.05. The summed E-state index contributed by atoms with van der Waals surface area (Å²) in [4.78, 5) is 0. The summed E-state index contributed by atoms with van der Waals surface area (Å²) < 4.78 is 5.44. The van der Waals surface area contributed by atoms with Crippen LogP contribution in [0.4, 0.5) is 17.1 Å². The van der Waals surface area contributed by atoms with Gasteiger partial charge < -0.3 is 15.8 Å². The highest BCUT2D eigenvalue weighted by atomic mass is 16.5. The van der Waals surface area contributed by atoms with Crippen molar-refractivity contribution in [3.63, 3.8) is 0 Å². The number of anilines is 3. The summed E-state index contributed by atoms with van der Waals surface area (Å²) in [6, 6.07) is 15.0. The van der Waals surface area contributed by atoms with Crippen LogP contribution in [0.2, 0.25) is 0 Å². The Morgan fingerprint density at radius 1 is 1.26 bits per heavy atom. The number of nitriles is 1. The monoisotopic (exact) mass is 253 g/mol. The van der Waals surface area contributed by atoms with Gasteiger partial charge in [-0.3, -0.25) is 0 Å². The van der Waals surface area contributed by atoms with Crippen LogP contribution in [-0.2, 0) is 0 Å². The molecule has 0 saturated carbocycles. The maximum Gasteiger partial charge on any atom is 0.121 e. The van der Waals surface area contributed by atoms with Gasteiger partial charge in [0.25, 0.3) is 0 Å². The van der Waals surface area contributed by atoms with E-state index in [1.165, 1.54) is 0 Å². The van der Waals surface area contributed by atoms with Gasteiger partial charge in [0.05, 0.1) is 23.5 Å². The van der Waals surface area contributed by atoms with E-state index in [2.05, 4.69) is 11.4 Å². The number of para-hydroxylation sites is 1. The van der Waals surface area contributed by atoms with Crippen LogP contribution in [0.25, 0.3) is 0 Å². The lowest BCUT2D eigenvalue weighted by Crippen LogP contribution is -1.99. The van der Waals surface area contributed by atoms with Crippen LogP contribution in [0.3, 0.4) is 0 Å². The van der Waals surface area contributed by atoms with Gasteiger partial charge in [0.2, 0.25) is 0 Å². The molecule has 4 heteroatoms. The summed E-state index contributed by atoms with van der Waals surface area (Å²) in [7, 11) is 0. The number of rotatable bonds is 4. The van der Waals surface area contributed by atoms with Crippen molar-refractivity contribution < 1.29 is 4.74 Å². The minimum Gasteiger partial charge on any atom is -0.494 e. The van der Waals surface area contributed by atoms with Crippen LogP contribution >= 0.6 is 0 Å². The molecule has 0 aliphatic rings. The molecule has 0 atom stereocenters. The molecule has 4 nitrogen and oxygen atoms in total. The maximum absolute atomic E-state index is 8.95. The predicted molar refractivity (Wildman–Crippen MR) is 76.5 cm³/mol. The van der Waals surface area contributed by atoms with Crippen LogP contribution in [-0.4, -0.2) is 6.61 Å². The van der Waals surface area contributed by atoms with E-state index < -0.39 is 0 Å². The second-order valence-electron chi connectivity index (χ2n) is 3.96. The highest BCUT2D eigenvalue weighted by molar-refractivity contribution is 5.77. The average molecular weight is 253 g/mol. The van der Waals surface area contributed by atoms with E-state index in [4.69, 9.17) is 15.7 Å². The first-order chi connectivity index (χ1) is 9.24. The Hall–Kier alpha value is -2.67. The van der Waals surface area contributed by atoms with Gasteiger partial charge in [0, 0.05) is 11.8 Å². The molecule has 0 aliphatic carbocycles. The molecule has 0 aliphatic heterocycles. The van der Waals surface area contributed by atoms with Crippen molar-refractivity contribution in [1.29, 1.82) is 5.26 Å². The minimum absolute atomic E-state index is 0.451. The average Bonchev–Trinajstić information content (AvgIpc) is 2.42. The molecule has 0 heterocycles. The summed E-state index contributed by atoms with van der Waals surface area (Å²) in [5.41, 5.74) is 8.42. The van der Waals surface area contributed by atoms with E-state index in [-0.39, 0.29) is 0 Å². The van der Waals surface area contributed by atoms with Gasteiger partial charge in [0.1, 0.15) is 11.8 Å². The number of ether oxygens (including phenoxy) is 1. The Labute approximate surface area is 112 Å². The number of nitrogen functional groups attached to an aromatic ring is 1. The third-order valence-corrected chi connectivity index (χ3v) is 2.65. The van der Waals surface area contributed by atoms with E-state index in [1.54, 1.807) is 12.1 Å². The van der Waals surface area contributed by atoms with Crippen LogP contribution in [0.5, 0.6) is 5.75 Å². The molecule has 3 N–H and O–H groups in total. The molecule has 0 radical (unpaired) electrons. The summed E-state index contributed by atoms with van der Waals surface area (Å²) in [6.45, 7) is 2.56. The lowest BCUT2D eigenvalue weighted by molar-refractivity contribution is 0.340. The fourth-order valence-corrected chi connectivity index (χ4v) is 1.76. The van der Waals surface area contributed by atoms with Gasteiger partial charge in [-0.2, -0.15) is 5.26 Å². The number of hydrogen-bond acceptors (Lipinski definition) is 4. The Bertz CT molecular complexity index is 617. The third-order valence-electron chi connectivity index (χ3n) is 2.65. The molecule has 96 valence electrons. The molecule has 0 unspecified atom stereocenters. The van der Waals surface area contributed by atoms with Crippen LogP contribution in [0.15, 0.2) is 42.5 Å². The SMILES string of the molecule is CCOc1cccc(Nc2cccc(C#N)c2N)c1. The first-order valence-electron chi connectivity index (χ1n) is 6.03. The number of hydrogen-bond donors (Lipinski definition) is 2. The van der Waals surface area contributed by atoms with Gasteiger partial charge in [-0.1, -0.05) is 12.1 Å². The highest BCUT2D eigenvalue weighted by Crippen LogP contribution is 2.27. The van der Waals surface area contributed by atoms with Gasteiger partial charge >= 0.3 is 0 Å². The fraction of sp³-hybridized carbons (Fsp3) is 0.133. The van der Waals surface area contributed by atoms with Crippen molar-refractivity contribution in [3.8, 4) is 11.8 Å². The standard InChI is InChI=1S/C15H15N3O/c1-2-19-13-7-4-6-12(9-13)18-14-8-3-5-11(10-16)15(14)17/h3-9,18H,2,17H2,1H3. The summed E-state index contributed by atoms with van der Waals surface area (Å²) in [5, 5.41) is 12.1.